The molecule has 0 aromatic heterocycles. The van der Waals surface area contributed by atoms with Crippen LogP contribution in [0.15, 0.2) is 47.4 Å². The molecular formula is C23H32N2O4S. The quantitative estimate of drug-likeness (QED) is 0.591. The lowest BCUT2D eigenvalue weighted by molar-refractivity contribution is -0.127. The largest absolute Gasteiger partial charge is 0.481 e. The highest BCUT2D eigenvalue weighted by atomic mass is 32.2. The van der Waals surface area contributed by atoms with Gasteiger partial charge in [0.1, 0.15) is 5.75 Å². The highest BCUT2D eigenvalue weighted by Crippen LogP contribution is 2.26. The third-order valence-corrected chi connectivity index (χ3v) is 6.10. The van der Waals surface area contributed by atoms with E-state index in [1.807, 2.05) is 45.9 Å². The fourth-order valence-electron chi connectivity index (χ4n) is 2.97. The van der Waals surface area contributed by atoms with Gasteiger partial charge in [-0.3, -0.25) is 9.52 Å². The Morgan fingerprint density at radius 1 is 0.967 bits per heavy atom. The third kappa shape index (κ3) is 6.23. The standard InChI is InChI=1S/C23H32N2O4S/c1-6-18-9-8-10-19(7-2)22(18)25-30(27,28)21-13-11-20(12-14-21)29-17(5)23(26)24-15-16(3)4/h8-14,16-17,25H,6-7,15H2,1-5H3,(H,24,26)/t17-/m1/s1. The predicted molar refractivity (Wildman–Crippen MR) is 120 cm³/mol. The van der Waals surface area contributed by atoms with Gasteiger partial charge in [-0.1, -0.05) is 45.9 Å². The van der Waals surface area contributed by atoms with Crippen molar-refractivity contribution >= 4 is 21.6 Å². The van der Waals surface area contributed by atoms with E-state index < -0.39 is 16.1 Å². The number of aryl methyl sites for hydroxylation is 2. The van der Waals surface area contributed by atoms with Crippen LogP contribution in [0.2, 0.25) is 0 Å². The number of ether oxygens (including phenoxy) is 1. The number of carbonyl (C=O) groups is 1. The first kappa shape index (κ1) is 23.7. The summed E-state index contributed by atoms with van der Waals surface area (Å²) in [7, 11) is -3.74. The van der Waals surface area contributed by atoms with Crippen molar-refractivity contribution in [2.24, 2.45) is 5.92 Å². The summed E-state index contributed by atoms with van der Waals surface area (Å²) in [5.74, 6) is 0.582. The van der Waals surface area contributed by atoms with Crippen LogP contribution in [-0.2, 0) is 27.7 Å². The van der Waals surface area contributed by atoms with Crippen molar-refractivity contribution in [2.75, 3.05) is 11.3 Å². The first-order chi connectivity index (χ1) is 14.2. The molecule has 0 saturated carbocycles. The molecule has 1 atom stereocenters. The van der Waals surface area contributed by atoms with Crippen molar-refractivity contribution in [3.63, 3.8) is 0 Å². The Morgan fingerprint density at radius 2 is 1.53 bits per heavy atom. The molecule has 0 spiro atoms. The third-order valence-electron chi connectivity index (χ3n) is 4.74. The number of hydrogen-bond donors (Lipinski definition) is 2. The SMILES string of the molecule is CCc1cccc(CC)c1NS(=O)(=O)c1ccc(O[C@H](C)C(=O)NCC(C)C)cc1. The summed E-state index contributed by atoms with van der Waals surface area (Å²) >= 11 is 0. The summed E-state index contributed by atoms with van der Waals surface area (Å²) < 4.78 is 34.2. The molecule has 6 nitrogen and oxygen atoms in total. The highest BCUT2D eigenvalue weighted by molar-refractivity contribution is 7.92. The van der Waals surface area contributed by atoms with Crippen molar-refractivity contribution in [3.8, 4) is 5.75 Å². The molecule has 0 saturated heterocycles. The van der Waals surface area contributed by atoms with Crippen molar-refractivity contribution in [2.45, 2.75) is 58.5 Å². The van der Waals surface area contributed by atoms with Crippen LogP contribution in [-0.4, -0.2) is 27.0 Å². The number of para-hydroxylation sites is 1. The molecule has 0 heterocycles. The van der Waals surface area contributed by atoms with Gasteiger partial charge in [-0.15, -0.1) is 0 Å². The van der Waals surface area contributed by atoms with E-state index >= 15 is 0 Å². The Morgan fingerprint density at radius 3 is 2.03 bits per heavy atom. The number of amides is 1. The van der Waals surface area contributed by atoms with Crippen LogP contribution in [0.25, 0.3) is 0 Å². The van der Waals surface area contributed by atoms with Crippen molar-refractivity contribution < 1.29 is 17.9 Å². The second-order valence-corrected chi connectivity index (χ2v) is 9.32. The van der Waals surface area contributed by atoms with E-state index in [4.69, 9.17) is 4.74 Å². The average Bonchev–Trinajstić information content (AvgIpc) is 2.72. The van der Waals surface area contributed by atoms with Gasteiger partial charge in [0, 0.05) is 6.54 Å². The minimum atomic E-state index is -3.74. The molecule has 0 fully saturated rings. The monoisotopic (exact) mass is 432 g/mol. The molecule has 164 valence electrons. The van der Waals surface area contributed by atoms with Gasteiger partial charge in [0.25, 0.3) is 15.9 Å². The lowest BCUT2D eigenvalue weighted by Gasteiger charge is -2.17. The zero-order valence-electron chi connectivity index (χ0n) is 18.4. The summed E-state index contributed by atoms with van der Waals surface area (Å²) in [4.78, 5) is 12.2. The maximum Gasteiger partial charge on any atom is 0.261 e. The number of rotatable bonds is 10. The second kappa shape index (κ2) is 10.5. The molecule has 1 amide bonds. The molecule has 0 aliphatic heterocycles. The molecule has 0 bridgehead atoms. The van der Waals surface area contributed by atoms with Gasteiger partial charge in [-0.2, -0.15) is 0 Å². The van der Waals surface area contributed by atoms with Crippen LogP contribution in [0, 0.1) is 5.92 Å². The lowest BCUT2D eigenvalue weighted by Crippen LogP contribution is -2.38. The minimum absolute atomic E-state index is 0.139. The Bertz CT molecular complexity index is 931. The second-order valence-electron chi connectivity index (χ2n) is 7.63. The Labute approximate surface area is 180 Å². The Kier molecular flexibility index (Phi) is 8.29. The molecule has 2 aromatic rings. The molecule has 0 aliphatic rings. The summed E-state index contributed by atoms with van der Waals surface area (Å²) in [5, 5.41) is 2.82. The molecule has 7 heteroatoms. The summed E-state index contributed by atoms with van der Waals surface area (Å²) in [5.41, 5.74) is 2.57. The number of benzene rings is 2. The number of sulfonamides is 1. The van der Waals surface area contributed by atoms with E-state index in [2.05, 4.69) is 10.0 Å². The van der Waals surface area contributed by atoms with Crippen LogP contribution in [0.4, 0.5) is 5.69 Å². The van der Waals surface area contributed by atoms with Crippen molar-refractivity contribution in [3.05, 3.63) is 53.6 Å². The molecule has 2 aromatic carbocycles. The van der Waals surface area contributed by atoms with E-state index in [9.17, 15) is 13.2 Å². The number of carbonyl (C=O) groups excluding carboxylic acids is 1. The smallest absolute Gasteiger partial charge is 0.261 e. The Balaban J connectivity index is 2.13. The van der Waals surface area contributed by atoms with Gasteiger partial charge in [0.05, 0.1) is 10.6 Å². The van der Waals surface area contributed by atoms with Crippen LogP contribution >= 0.6 is 0 Å². The van der Waals surface area contributed by atoms with Crippen LogP contribution in [0.5, 0.6) is 5.75 Å². The first-order valence-electron chi connectivity index (χ1n) is 10.4. The maximum absolute atomic E-state index is 12.9. The van der Waals surface area contributed by atoms with Gasteiger partial charge in [-0.05, 0) is 61.1 Å². The number of hydrogen-bond acceptors (Lipinski definition) is 4. The molecule has 0 radical (unpaired) electrons. The minimum Gasteiger partial charge on any atom is -0.481 e. The summed E-state index contributed by atoms with van der Waals surface area (Å²) in [6.45, 7) is 10.3. The van der Waals surface area contributed by atoms with E-state index in [0.717, 1.165) is 24.0 Å². The van der Waals surface area contributed by atoms with Gasteiger partial charge in [0.15, 0.2) is 6.10 Å². The normalized spacial score (nSPS) is 12.5. The molecule has 2 N–H and O–H groups in total. The zero-order chi connectivity index (χ0) is 22.3. The fourth-order valence-corrected chi connectivity index (χ4v) is 4.11. The predicted octanol–water partition coefficient (Wildman–Crippen LogP) is 4.15. The van der Waals surface area contributed by atoms with E-state index in [1.165, 1.54) is 12.1 Å². The lowest BCUT2D eigenvalue weighted by atomic mass is 10.0. The van der Waals surface area contributed by atoms with Crippen LogP contribution in [0.3, 0.4) is 0 Å². The molecule has 30 heavy (non-hydrogen) atoms. The molecule has 0 aliphatic carbocycles. The summed E-state index contributed by atoms with van der Waals surface area (Å²) in [6.07, 6.45) is 0.790. The van der Waals surface area contributed by atoms with Gasteiger partial charge in [-0.25, -0.2) is 8.42 Å². The van der Waals surface area contributed by atoms with Gasteiger partial charge < -0.3 is 10.1 Å². The van der Waals surface area contributed by atoms with E-state index in [0.29, 0.717) is 23.9 Å². The van der Waals surface area contributed by atoms with Crippen molar-refractivity contribution in [1.82, 2.24) is 5.32 Å². The van der Waals surface area contributed by atoms with Gasteiger partial charge >= 0.3 is 0 Å². The van der Waals surface area contributed by atoms with Gasteiger partial charge in [0.2, 0.25) is 0 Å². The first-order valence-corrected chi connectivity index (χ1v) is 11.8. The molecular weight excluding hydrogens is 400 g/mol. The number of anilines is 1. The fraction of sp³-hybridized carbons (Fsp3) is 0.435. The van der Waals surface area contributed by atoms with Crippen LogP contribution < -0.4 is 14.8 Å². The molecule has 2 rings (SSSR count). The van der Waals surface area contributed by atoms with E-state index in [-0.39, 0.29) is 10.8 Å². The Hall–Kier alpha value is -2.54. The van der Waals surface area contributed by atoms with Crippen molar-refractivity contribution in [1.29, 1.82) is 0 Å². The average molecular weight is 433 g/mol. The summed E-state index contributed by atoms with van der Waals surface area (Å²) in [6, 6.07) is 11.9. The number of nitrogens with one attached hydrogen (secondary N) is 2. The van der Waals surface area contributed by atoms with E-state index in [1.54, 1.807) is 19.1 Å². The molecule has 0 unspecified atom stereocenters. The highest BCUT2D eigenvalue weighted by Gasteiger charge is 2.19. The zero-order valence-corrected chi connectivity index (χ0v) is 19.2. The van der Waals surface area contributed by atoms with Crippen LogP contribution in [0.1, 0.15) is 45.7 Å². The maximum atomic E-state index is 12.9. The topological polar surface area (TPSA) is 84.5 Å².